The summed E-state index contributed by atoms with van der Waals surface area (Å²) >= 11 is 3.28. The van der Waals surface area contributed by atoms with E-state index in [0.717, 1.165) is 9.91 Å². The molecule has 29 heavy (non-hydrogen) atoms. The average Bonchev–Trinajstić information content (AvgIpc) is 3.00. The third kappa shape index (κ3) is 4.14. The van der Waals surface area contributed by atoms with Gasteiger partial charge in [0, 0.05) is 11.4 Å². The Morgan fingerprint density at radius 1 is 1.14 bits per heavy atom. The summed E-state index contributed by atoms with van der Waals surface area (Å²) in [5, 5.41) is 0.908. The number of nitrogens with zero attached hydrogens (tertiary/aromatic N) is 2. The smallest absolute Gasteiger partial charge is 0.271 e. The zero-order valence-electron chi connectivity index (χ0n) is 15.7. The van der Waals surface area contributed by atoms with Crippen LogP contribution in [0.25, 0.3) is 0 Å². The maximum atomic E-state index is 12.9. The van der Waals surface area contributed by atoms with Crippen molar-refractivity contribution in [3.8, 4) is 5.75 Å². The molecular weight excluding hydrogens is 442 g/mol. The molecule has 0 saturated carbocycles. The van der Waals surface area contributed by atoms with E-state index in [1.54, 1.807) is 48.5 Å². The highest BCUT2D eigenvalue weighted by Crippen LogP contribution is 2.27. The van der Waals surface area contributed by atoms with Crippen molar-refractivity contribution in [3.05, 3.63) is 58.6 Å². The largest absolute Gasteiger partial charge is 0.497 e. The van der Waals surface area contributed by atoms with Crippen molar-refractivity contribution in [2.75, 3.05) is 12.0 Å². The number of hydrogen-bond donors (Lipinski definition) is 1. The maximum absolute atomic E-state index is 12.9. The number of carbonyl (C=O) groups excluding carboxylic acids is 4. The highest BCUT2D eigenvalue weighted by Gasteiger charge is 2.44. The van der Waals surface area contributed by atoms with Gasteiger partial charge in [0.1, 0.15) is 11.8 Å². The highest BCUT2D eigenvalue weighted by atomic mass is 79.9. The first kappa shape index (κ1) is 20.5. The van der Waals surface area contributed by atoms with Gasteiger partial charge in [0.05, 0.1) is 24.8 Å². The van der Waals surface area contributed by atoms with Crippen molar-refractivity contribution in [1.29, 1.82) is 0 Å². The Bertz CT molecular complexity index is 976. The molecule has 0 radical (unpaired) electrons. The molecule has 0 bridgehead atoms. The number of imide groups is 1. The molecule has 1 unspecified atom stereocenters. The molecule has 1 atom stereocenters. The van der Waals surface area contributed by atoms with Crippen LogP contribution in [0.2, 0.25) is 0 Å². The molecule has 8 nitrogen and oxygen atoms in total. The van der Waals surface area contributed by atoms with Gasteiger partial charge in [0.25, 0.3) is 11.8 Å². The SMILES string of the molecule is COc1ccc(N2C(=O)CC(N(NC(=O)c3ccccc3Br)C(C)=O)C2=O)cc1. The van der Waals surface area contributed by atoms with Gasteiger partial charge in [-0.1, -0.05) is 12.1 Å². The average molecular weight is 460 g/mol. The second-order valence-corrected chi connectivity index (χ2v) is 7.15. The highest BCUT2D eigenvalue weighted by molar-refractivity contribution is 9.10. The van der Waals surface area contributed by atoms with Gasteiger partial charge in [0.15, 0.2) is 0 Å². The number of benzene rings is 2. The van der Waals surface area contributed by atoms with E-state index in [9.17, 15) is 19.2 Å². The van der Waals surface area contributed by atoms with E-state index in [-0.39, 0.29) is 6.42 Å². The summed E-state index contributed by atoms with van der Waals surface area (Å²) in [6.07, 6.45) is -0.235. The number of hydrogen-bond acceptors (Lipinski definition) is 5. The van der Waals surface area contributed by atoms with Crippen LogP contribution in [0, 0.1) is 0 Å². The van der Waals surface area contributed by atoms with Crippen LogP contribution in [0.15, 0.2) is 53.0 Å². The fourth-order valence-corrected chi connectivity index (χ4v) is 3.48. The topological polar surface area (TPSA) is 96.0 Å². The summed E-state index contributed by atoms with van der Waals surface area (Å²) in [4.78, 5) is 51.2. The van der Waals surface area contributed by atoms with Crippen molar-refractivity contribution in [3.63, 3.8) is 0 Å². The first-order valence-electron chi connectivity index (χ1n) is 8.69. The van der Waals surface area contributed by atoms with Crippen LogP contribution < -0.4 is 15.1 Å². The molecule has 3 rings (SSSR count). The number of hydrazine groups is 1. The lowest BCUT2D eigenvalue weighted by atomic mass is 10.2. The maximum Gasteiger partial charge on any atom is 0.271 e. The standard InChI is InChI=1S/C20H18BrN3O5/c1-12(25)24(22-19(27)15-5-3-4-6-16(15)21)17-11-18(26)23(20(17)28)13-7-9-14(29-2)10-8-13/h3-10,17H,11H2,1-2H3,(H,22,27). The molecule has 2 aromatic rings. The van der Waals surface area contributed by atoms with Crippen molar-refractivity contribution in [2.24, 2.45) is 0 Å². The van der Waals surface area contributed by atoms with Gasteiger partial charge in [-0.3, -0.25) is 24.6 Å². The first-order valence-corrected chi connectivity index (χ1v) is 9.49. The zero-order valence-corrected chi connectivity index (χ0v) is 17.3. The molecule has 0 spiro atoms. The van der Waals surface area contributed by atoms with Crippen LogP contribution >= 0.6 is 15.9 Å². The quantitative estimate of drug-likeness (QED) is 0.558. The fourth-order valence-electron chi connectivity index (χ4n) is 3.01. The normalized spacial score (nSPS) is 16.0. The van der Waals surface area contributed by atoms with E-state index >= 15 is 0 Å². The Hall–Kier alpha value is -3.20. The second kappa shape index (κ2) is 8.44. The zero-order chi connectivity index (χ0) is 21.1. The molecule has 1 N–H and O–H groups in total. The van der Waals surface area contributed by atoms with Crippen LogP contribution in [-0.4, -0.2) is 41.8 Å². The summed E-state index contributed by atoms with van der Waals surface area (Å²) in [6, 6.07) is 12.0. The number of methoxy groups -OCH3 is 1. The van der Waals surface area contributed by atoms with Gasteiger partial charge in [-0.25, -0.2) is 9.91 Å². The molecule has 4 amide bonds. The molecule has 0 aromatic heterocycles. The molecule has 1 aliphatic heterocycles. The fraction of sp³-hybridized carbons (Fsp3) is 0.200. The molecule has 1 heterocycles. The van der Waals surface area contributed by atoms with Crippen LogP contribution in [-0.2, 0) is 14.4 Å². The van der Waals surface area contributed by atoms with Crippen LogP contribution in [0.3, 0.4) is 0 Å². The minimum atomic E-state index is -1.13. The Morgan fingerprint density at radius 3 is 2.38 bits per heavy atom. The van der Waals surface area contributed by atoms with Crippen LogP contribution in [0.5, 0.6) is 5.75 Å². The summed E-state index contributed by atoms with van der Waals surface area (Å²) in [5.74, 6) is -1.62. The number of halogens is 1. The lowest BCUT2D eigenvalue weighted by Gasteiger charge is -2.26. The van der Waals surface area contributed by atoms with Gasteiger partial charge >= 0.3 is 0 Å². The summed E-state index contributed by atoms with van der Waals surface area (Å²) < 4.78 is 5.62. The summed E-state index contributed by atoms with van der Waals surface area (Å²) in [6.45, 7) is 1.22. The van der Waals surface area contributed by atoms with Gasteiger partial charge in [0.2, 0.25) is 11.8 Å². The lowest BCUT2D eigenvalue weighted by molar-refractivity contribution is -0.139. The minimum Gasteiger partial charge on any atom is -0.497 e. The predicted molar refractivity (Wildman–Crippen MR) is 108 cm³/mol. The molecule has 150 valence electrons. The third-order valence-electron chi connectivity index (χ3n) is 4.44. The minimum absolute atomic E-state index is 0.235. The van der Waals surface area contributed by atoms with E-state index < -0.39 is 29.7 Å². The van der Waals surface area contributed by atoms with E-state index in [1.165, 1.54) is 14.0 Å². The van der Waals surface area contributed by atoms with Crippen molar-refractivity contribution < 1.29 is 23.9 Å². The number of anilines is 1. The Morgan fingerprint density at radius 2 is 1.79 bits per heavy atom. The monoisotopic (exact) mass is 459 g/mol. The Kier molecular flexibility index (Phi) is 5.97. The molecule has 2 aromatic carbocycles. The van der Waals surface area contributed by atoms with Crippen LogP contribution in [0.4, 0.5) is 5.69 Å². The number of carbonyl (C=O) groups is 4. The number of amides is 4. The predicted octanol–water partition coefficient (Wildman–Crippen LogP) is 2.28. The van der Waals surface area contributed by atoms with Gasteiger partial charge in [-0.15, -0.1) is 0 Å². The number of rotatable bonds is 4. The third-order valence-corrected chi connectivity index (χ3v) is 5.14. The van der Waals surface area contributed by atoms with E-state index in [0.29, 0.717) is 21.5 Å². The summed E-state index contributed by atoms with van der Waals surface area (Å²) in [5.41, 5.74) is 3.11. The number of ether oxygens (including phenoxy) is 1. The second-order valence-electron chi connectivity index (χ2n) is 6.30. The Balaban J connectivity index is 1.83. The number of nitrogens with one attached hydrogen (secondary N) is 1. The molecule has 1 aliphatic rings. The van der Waals surface area contributed by atoms with E-state index in [2.05, 4.69) is 21.4 Å². The van der Waals surface area contributed by atoms with Crippen molar-refractivity contribution in [2.45, 2.75) is 19.4 Å². The summed E-state index contributed by atoms with van der Waals surface area (Å²) in [7, 11) is 1.51. The van der Waals surface area contributed by atoms with E-state index in [1.807, 2.05) is 0 Å². The molecule has 1 fully saturated rings. The molecule has 1 saturated heterocycles. The van der Waals surface area contributed by atoms with Crippen molar-refractivity contribution >= 4 is 45.2 Å². The molecule has 0 aliphatic carbocycles. The van der Waals surface area contributed by atoms with Crippen LogP contribution in [0.1, 0.15) is 23.7 Å². The van der Waals surface area contributed by atoms with Gasteiger partial charge in [-0.05, 0) is 52.3 Å². The Labute approximate surface area is 175 Å². The lowest BCUT2D eigenvalue weighted by Crippen LogP contribution is -2.54. The van der Waals surface area contributed by atoms with Crippen molar-refractivity contribution in [1.82, 2.24) is 10.4 Å². The van der Waals surface area contributed by atoms with Gasteiger partial charge in [-0.2, -0.15) is 0 Å². The molecule has 9 heteroatoms. The molecular formula is C20H18BrN3O5. The first-order chi connectivity index (χ1) is 13.8. The van der Waals surface area contributed by atoms with Gasteiger partial charge < -0.3 is 4.74 Å². The van der Waals surface area contributed by atoms with E-state index in [4.69, 9.17) is 4.74 Å².